The molecule has 126 valence electrons. The maximum atomic E-state index is 12.3. The molecule has 0 aliphatic carbocycles. The number of hydrogen-bond acceptors (Lipinski definition) is 3. The summed E-state index contributed by atoms with van der Waals surface area (Å²) in [6.45, 7) is 4.73. The van der Waals surface area contributed by atoms with E-state index in [1.165, 1.54) is 11.1 Å². The molecule has 0 bridgehead atoms. The van der Waals surface area contributed by atoms with Gasteiger partial charge >= 0.3 is 0 Å². The van der Waals surface area contributed by atoms with Crippen molar-refractivity contribution >= 4 is 17.4 Å². The highest BCUT2D eigenvalue weighted by Crippen LogP contribution is 2.14. The zero-order valence-electron chi connectivity index (χ0n) is 14.4. The summed E-state index contributed by atoms with van der Waals surface area (Å²) < 4.78 is 0. The Morgan fingerprint density at radius 2 is 1.84 bits per heavy atom. The van der Waals surface area contributed by atoms with Crippen LogP contribution in [0.15, 0.2) is 66.9 Å². The van der Waals surface area contributed by atoms with Crippen LogP contribution in [-0.4, -0.2) is 10.9 Å². The first kappa shape index (κ1) is 16.7. The number of carbonyl (C=O) groups excluding carboxylic acids is 1. The second kappa shape index (κ2) is 7.62. The average molecular weight is 331 g/mol. The Hall–Kier alpha value is -3.14. The van der Waals surface area contributed by atoms with E-state index in [9.17, 15) is 4.79 Å². The first-order chi connectivity index (χ1) is 12.1. The highest BCUT2D eigenvalue weighted by Gasteiger charge is 2.09. The Kier molecular flexibility index (Phi) is 5.09. The third kappa shape index (κ3) is 4.44. The van der Waals surface area contributed by atoms with E-state index >= 15 is 0 Å². The van der Waals surface area contributed by atoms with Gasteiger partial charge in [-0.25, -0.2) is 4.98 Å². The number of aromatic nitrogens is 1. The van der Waals surface area contributed by atoms with Crippen LogP contribution in [0, 0.1) is 13.8 Å². The van der Waals surface area contributed by atoms with Gasteiger partial charge < -0.3 is 10.6 Å². The number of pyridine rings is 1. The van der Waals surface area contributed by atoms with Gasteiger partial charge in [-0.05, 0) is 43.2 Å². The van der Waals surface area contributed by atoms with Crippen LogP contribution in [0.2, 0.25) is 0 Å². The van der Waals surface area contributed by atoms with Crippen molar-refractivity contribution < 1.29 is 4.79 Å². The maximum absolute atomic E-state index is 12.3. The number of nitrogens with one attached hydrogen (secondary N) is 2. The lowest BCUT2D eigenvalue weighted by Gasteiger charge is -2.09. The van der Waals surface area contributed by atoms with Crippen LogP contribution < -0.4 is 10.6 Å². The summed E-state index contributed by atoms with van der Waals surface area (Å²) in [4.78, 5) is 16.6. The minimum Gasteiger partial charge on any atom is -0.380 e. The van der Waals surface area contributed by atoms with E-state index in [1.807, 2.05) is 37.3 Å². The molecular formula is C21H21N3O. The van der Waals surface area contributed by atoms with Gasteiger partial charge in [-0.15, -0.1) is 0 Å². The van der Waals surface area contributed by atoms with Crippen molar-refractivity contribution in [3.05, 3.63) is 89.1 Å². The van der Waals surface area contributed by atoms with Crippen LogP contribution in [-0.2, 0) is 6.54 Å². The van der Waals surface area contributed by atoms with Crippen molar-refractivity contribution in [2.75, 3.05) is 10.6 Å². The average Bonchev–Trinajstić information content (AvgIpc) is 2.61. The molecule has 4 heteroatoms. The van der Waals surface area contributed by atoms with Gasteiger partial charge in [0.1, 0.15) is 5.82 Å². The maximum Gasteiger partial charge on any atom is 0.257 e. The Morgan fingerprint density at radius 3 is 2.56 bits per heavy atom. The molecule has 0 fully saturated rings. The summed E-state index contributed by atoms with van der Waals surface area (Å²) in [6.07, 6.45) is 1.73. The van der Waals surface area contributed by atoms with E-state index < -0.39 is 0 Å². The highest BCUT2D eigenvalue weighted by atomic mass is 16.1. The van der Waals surface area contributed by atoms with E-state index in [2.05, 4.69) is 46.8 Å². The predicted molar refractivity (Wildman–Crippen MR) is 102 cm³/mol. The van der Waals surface area contributed by atoms with Gasteiger partial charge in [0.15, 0.2) is 0 Å². The Labute approximate surface area is 147 Å². The van der Waals surface area contributed by atoms with Crippen LogP contribution in [0.25, 0.3) is 0 Å². The lowest BCUT2D eigenvalue weighted by Crippen LogP contribution is -2.14. The van der Waals surface area contributed by atoms with Gasteiger partial charge in [-0.1, -0.05) is 48.0 Å². The number of benzene rings is 2. The molecule has 0 aliphatic heterocycles. The Bertz CT molecular complexity index is 872. The minimum absolute atomic E-state index is 0.147. The summed E-state index contributed by atoms with van der Waals surface area (Å²) >= 11 is 0. The Balaban J connectivity index is 1.60. The number of anilines is 2. The van der Waals surface area contributed by atoms with Crippen molar-refractivity contribution in [3.63, 3.8) is 0 Å². The normalized spacial score (nSPS) is 10.3. The quantitative estimate of drug-likeness (QED) is 0.720. The van der Waals surface area contributed by atoms with Crippen LogP contribution in [0.4, 0.5) is 11.5 Å². The summed E-state index contributed by atoms with van der Waals surface area (Å²) in [5.41, 5.74) is 4.97. The van der Waals surface area contributed by atoms with Gasteiger partial charge in [0, 0.05) is 12.1 Å². The molecule has 0 radical (unpaired) electrons. The zero-order valence-corrected chi connectivity index (χ0v) is 14.4. The summed E-state index contributed by atoms with van der Waals surface area (Å²) in [5.74, 6) is 0.389. The fourth-order valence-electron chi connectivity index (χ4n) is 2.61. The van der Waals surface area contributed by atoms with Crippen molar-refractivity contribution in [2.24, 2.45) is 0 Å². The monoisotopic (exact) mass is 331 g/mol. The van der Waals surface area contributed by atoms with Gasteiger partial charge in [-0.3, -0.25) is 4.79 Å². The lowest BCUT2D eigenvalue weighted by molar-refractivity contribution is 0.102. The van der Waals surface area contributed by atoms with Crippen LogP contribution in [0.1, 0.15) is 27.0 Å². The fourth-order valence-corrected chi connectivity index (χ4v) is 2.61. The molecule has 0 spiro atoms. The molecule has 1 amide bonds. The molecule has 2 aromatic carbocycles. The topological polar surface area (TPSA) is 54.0 Å². The van der Waals surface area contributed by atoms with E-state index in [1.54, 1.807) is 12.3 Å². The van der Waals surface area contributed by atoms with Crippen LogP contribution >= 0.6 is 0 Å². The molecule has 3 aromatic rings. The van der Waals surface area contributed by atoms with Crippen LogP contribution in [0.5, 0.6) is 0 Å². The molecule has 0 unspecified atom stereocenters. The SMILES string of the molecule is Cc1cccc(CNc2ccc(NC(=O)c3ccccc3C)nc2)c1. The first-order valence-corrected chi connectivity index (χ1v) is 8.24. The largest absolute Gasteiger partial charge is 0.380 e. The number of carbonyl (C=O) groups is 1. The van der Waals surface area contributed by atoms with Crippen molar-refractivity contribution in [1.29, 1.82) is 0 Å². The fraction of sp³-hybridized carbons (Fsp3) is 0.143. The summed E-state index contributed by atoms with van der Waals surface area (Å²) in [6, 6.07) is 19.6. The molecule has 3 rings (SSSR count). The van der Waals surface area contributed by atoms with E-state index in [-0.39, 0.29) is 5.91 Å². The third-order valence-electron chi connectivity index (χ3n) is 3.97. The third-order valence-corrected chi connectivity index (χ3v) is 3.97. The molecular weight excluding hydrogens is 310 g/mol. The number of nitrogens with zero attached hydrogens (tertiary/aromatic N) is 1. The molecule has 1 aromatic heterocycles. The highest BCUT2D eigenvalue weighted by molar-refractivity contribution is 6.04. The molecule has 0 atom stereocenters. The molecule has 4 nitrogen and oxygen atoms in total. The molecule has 0 saturated carbocycles. The standard InChI is InChI=1S/C21H21N3O/c1-15-6-5-8-17(12-15)13-22-18-10-11-20(23-14-18)24-21(25)19-9-4-3-7-16(19)2/h3-12,14,22H,13H2,1-2H3,(H,23,24,25). The smallest absolute Gasteiger partial charge is 0.257 e. The van der Waals surface area contributed by atoms with Crippen LogP contribution in [0.3, 0.4) is 0 Å². The number of aryl methyl sites for hydroxylation is 2. The molecule has 2 N–H and O–H groups in total. The summed E-state index contributed by atoms with van der Waals surface area (Å²) in [7, 11) is 0. The van der Waals surface area contributed by atoms with E-state index in [0.29, 0.717) is 11.4 Å². The van der Waals surface area contributed by atoms with Gasteiger partial charge in [0.2, 0.25) is 0 Å². The Morgan fingerprint density at radius 1 is 1.00 bits per heavy atom. The molecule has 0 saturated heterocycles. The zero-order chi connectivity index (χ0) is 17.6. The number of rotatable bonds is 5. The number of amides is 1. The molecule has 0 aliphatic rings. The second-order valence-corrected chi connectivity index (χ2v) is 6.04. The molecule has 1 heterocycles. The van der Waals surface area contributed by atoms with E-state index in [4.69, 9.17) is 0 Å². The molecule has 25 heavy (non-hydrogen) atoms. The lowest BCUT2D eigenvalue weighted by atomic mass is 10.1. The summed E-state index contributed by atoms with van der Waals surface area (Å²) in [5, 5.41) is 6.16. The van der Waals surface area contributed by atoms with Crippen molar-refractivity contribution in [3.8, 4) is 0 Å². The van der Waals surface area contributed by atoms with Gasteiger partial charge in [-0.2, -0.15) is 0 Å². The first-order valence-electron chi connectivity index (χ1n) is 8.24. The second-order valence-electron chi connectivity index (χ2n) is 6.04. The van der Waals surface area contributed by atoms with Gasteiger partial charge in [0.25, 0.3) is 5.91 Å². The predicted octanol–water partition coefficient (Wildman–Crippen LogP) is 4.56. The van der Waals surface area contributed by atoms with Crippen molar-refractivity contribution in [1.82, 2.24) is 4.98 Å². The van der Waals surface area contributed by atoms with Crippen molar-refractivity contribution in [2.45, 2.75) is 20.4 Å². The van der Waals surface area contributed by atoms with E-state index in [0.717, 1.165) is 17.8 Å². The minimum atomic E-state index is -0.147. The van der Waals surface area contributed by atoms with Gasteiger partial charge in [0.05, 0.1) is 11.9 Å². The number of hydrogen-bond donors (Lipinski definition) is 2.